The molecule has 0 saturated carbocycles. The summed E-state index contributed by atoms with van der Waals surface area (Å²) in [4.78, 5) is 43.8. The van der Waals surface area contributed by atoms with Gasteiger partial charge < -0.3 is 29.7 Å². The number of ether oxygens (including phenoxy) is 1. The van der Waals surface area contributed by atoms with Crippen molar-refractivity contribution in [1.29, 1.82) is 0 Å². The predicted molar refractivity (Wildman–Crippen MR) is 178 cm³/mol. The van der Waals surface area contributed by atoms with Gasteiger partial charge in [-0.15, -0.1) is 0 Å². The zero-order chi connectivity index (χ0) is 30.9. The van der Waals surface area contributed by atoms with Gasteiger partial charge in [0.15, 0.2) is 11.6 Å². The summed E-state index contributed by atoms with van der Waals surface area (Å²) in [7, 11) is 0. The first-order chi connectivity index (χ1) is 23.2. The maximum Gasteiger partial charge on any atom is 2.00 e. The Morgan fingerprint density at radius 2 is 0.896 bits per heavy atom. The molecule has 11 heteroatoms. The number of hydrogen-bond donors (Lipinski definition) is 0. The molecular formula is C37H19N9OZn. The van der Waals surface area contributed by atoms with Crippen molar-refractivity contribution in [3.63, 3.8) is 0 Å². The second-order valence-corrected chi connectivity index (χ2v) is 11.1. The Hall–Kier alpha value is -6.19. The molecule has 0 fully saturated rings. The fraction of sp³-hybridized carbons (Fsp3) is 0. The molecule has 10 rings (SSSR count). The largest absolute Gasteiger partial charge is 2.00 e. The number of rotatable bonds is 2. The van der Waals surface area contributed by atoms with Gasteiger partial charge in [-0.1, -0.05) is 72.8 Å². The SMILES string of the molecule is [Zn+2].c1cncc(Oc2ccc3c4nc5nc(nc6nc(nc7[n-]c(nc([n-]4)c3c2)c2ccccc72)-c2ccccc2-6)-c2ccccc2-5)c1. The van der Waals surface area contributed by atoms with E-state index in [-0.39, 0.29) is 19.5 Å². The zero-order valence-electron chi connectivity index (χ0n) is 25.1. The molecule has 48 heavy (non-hydrogen) atoms. The minimum Gasteiger partial charge on any atom is -0.456 e. The molecule has 220 valence electrons. The Morgan fingerprint density at radius 1 is 0.417 bits per heavy atom. The molecule has 0 amide bonds. The van der Waals surface area contributed by atoms with Crippen molar-refractivity contribution in [2.45, 2.75) is 0 Å². The molecule has 0 aliphatic carbocycles. The Labute approximate surface area is 284 Å². The minimum absolute atomic E-state index is 0. The van der Waals surface area contributed by atoms with Crippen LogP contribution in [0, 0.1) is 0 Å². The van der Waals surface area contributed by atoms with E-state index in [4.69, 9.17) is 44.6 Å². The summed E-state index contributed by atoms with van der Waals surface area (Å²) in [5.41, 5.74) is 5.41. The third kappa shape index (κ3) is 4.47. The summed E-state index contributed by atoms with van der Waals surface area (Å²) >= 11 is 0. The number of nitrogens with zero attached hydrogens (tertiary/aromatic N) is 9. The van der Waals surface area contributed by atoms with Gasteiger partial charge in [0.1, 0.15) is 11.5 Å². The summed E-state index contributed by atoms with van der Waals surface area (Å²) in [5, 5.41) is 3.26. The van der Waals surface area contributed by atoms with E-state index < -0.39 is 0 Å². The fourth-order valence-electron chi connectivity index (χ4n) is 6.10. The Morgan fingerprint density at radius 3 is 1.44 bits per heavy atom. The van der Waals surface area contributed by atoms with Gasteiger partial charge in [-0.25, -0.2) is 15.0 Å². The molecule has 6 heterocycles. The normalized spacial score (nSPS) is 11.6. The maximum atomic E-state index is 6.13. The topological polar surface area (TPSA) is 128 Å². The van der Waals surface area contributed by atoms with Gasteiger partial charge in [0, 0.05) is 51.0 Å². The van der Waals surface area contributed by atoms with Crippen molar-refractivity contribution in [3.8, 4) is 57.1 Å². The molecule has 2 aliphatic rings. The molecular weight excluding hydrogens is 652 g/mol. The molecule has 0 unspecified atom stereocenters. The van der Waals surface area contributed by atoms with Crippen LogP contribution >= 0.6 is 0 Å². The molecule has 10 nitrogen and oxygen atoms in total. The average Bonchev–Trinajstić information content (AvgIpc) is 3.84. The van der Waals surface area contributed by atoms with Crippen LogP contribution in [0.15, 0.2) is 116 Å². The van der Waals surface area contributed by atoms with Crippen LogP contribution in [-0.2, 0) is 19.5 Å². The van der Waals surface area contributed by atoms with Crippen LogP contribution in [0.5, 0.6) is 11.5 Å². The van der Waals surface area contributed by atoms with Crippen LogP contribution in [0.25, 0.3) is 89.7 Å². The molecule has 0 spiro atoms. The van der Waals surface area contributed by atoms with Crippen LogP contribution in [0.2, 0.25) is 0 Å². The molecule has 4 aromatic heterocycles. The number of pyridine rings is 1. The average molecular weight is 671 g/mol. The first kappa shape index (κ1) is 28.1. The summed E-state index contributed by atoms with van der Waals surface area (Å²) in [6.45, 7) is 0. The van der Waals surface area contributed by atoms with Crippen molar-refractivity contribution in [2.24, 2.45) is 0 Å². The molecule has 0 radical (unpaired) electrons. The van der Waals surface area contributed by atoms with E-state index in [0.29, 0.717) is 57.4 Å². The van der Waals surface area contributed by atoms with E-state index >= 15 is 0 Å². The number of hydrogen-bond acceptors (Lipinski definition) is 8. The molecule has 0 N–H and O–H groups in total. The number of fused-ring (bicyclic) bond motifs is 20. The second-order valence-electron chi connectivity index (χ2n) is 11.1. The van der Waals surface area contributed by atoms with Crippen molar-refractivity contribution in [2.75, 3.05) is 0 Å². The quantitative estimate of drug-likeness (QED) is 0.173. The molecule has 8 bridgehead atoms. The van der Waals surface area contributed by atoms with Gasteiger partial charge >= 0.3 is 19.5 Å². The first-order valence-electron chi connectivity index (χ1n) is 15.0. The molecule has 8 aromatic rings. The van der Waals surface area contributed by atoms with E-state index in [1.54, 1.807) is 12.4 Å². The van der Waals surface area contributed by atoms with Crippen LogP contribution in [0.4, 0.5) is 0 Å². The second kappa shape index (κ2) is 11.0. The smallest absolute Gasteiger partial charge is 0.456 e. The van der Waals surface area contributed by atoms with Crippen molar-refractivity contribution in [3.05, 3.63) is 116 Å². The Bertz CT molecular complexity index is 2740. The molecule has 0 saturated heterocycles. The third-order valence-corrected chi connectivity index (χ3v) is 8.26. The van der Waals surface area contributed by atoms with E-state index in [0.717, 1.165) is 43.8 Å². The van der Waals surface area contributed by atoms with Gasteiger partial charge in [-0.2, -0.15) is 0 Å². The van der Waals surface area contributed by atoms with E-state index in [1.165, 1.54) is 0 Å². The summed E-state index contributed by atoms with van der Waals surface area (Å²) in [6.07, 6.45) is 3.37. The summed E-state index contributed by atoms with van der Waals surface area (Å²) in [5.74, 6) is 3.32. The maximum absolute atomic E-state index is 6.13. The van der Waals surface area contributed by atoms with Gasteiger partial charge in [-0.3, -0.25) is 4.98 Å². The number of aromatic nitrogens is 9. The Kier molecular flexibility index (Phi) is 6.41. The molecule has 4 aromatic carbocycles. The summed E-state index contributed by atoms with van der Waals surface area (Å²) < 4.78 is 6.13. The third-order valence-electron chi connectivity index (χ3n) is 8.26. The first-order valence-corrected chi connectivity index (χ1v) is 15.0. The van der Waals surface area contributed by atoms with Crippen LogP contribution in [0.3, 0.4) is 0 Å². The standard InChI is InChI=1S/C37H19N9O.Zn/c1-2-10-23-22(9-1)30-39-31(23)41-33-26-13-5-6-14-27(26)35(43-33)45-37-29-18-20(47-21-8-7-17-38-19-21)15-16-28(29)36(46-37)44-34-25-12-4-3-11-24(25)32(40-30)42-34;/h1-19H;/q-2;+2. The minimum atomic E-state index is 0. The van der Waals surface area contributed by atoms with Gasteiger partial charge in [0.2, 0.25) is 0 Å². The van der Waals surface area contributed by atoms with Crippen LogP contribution in [0.1, 0.15) is 0 Å². The zero-order valence-corrected chi connectivity index (χ0v) is 28.1. The number of benzene rings is 4. The molecule has 2 aliphatic heterocycles. The monoisotopic (exact) mass is 669 g/mol. The van der Waals surface area contributed by atoms with Gasteiger partial charge in [-0.05, 0) is 51.9 Å². The Balaban J connectivity index is 0.00000314. The van der Waals surface area contributed by atoms with Crippen LogP contribution in [-0.4, -0.2) is 34.9 Å². The van der Waals surface area contributed by atoms with Crippen LogP contribution < -0.4 is 14.7 Å². The van der Waals surface area contributed by atoms with E-state index in [1.807, 2.05) is 103 Å². The van der Waals surface area contributed by atoms with E-state index in [2.05, 4.69) is 4.98 Å². The van der Waals surface area contributed by atoms with Gasteiger partial charge in [0.25, 0.3) is 0 Å². The van der Waals surface area contributed by atoms with Crippen molar-refractivity contribution in [1.82, 2.24) is 44.9 Å². The van der Waals surface area contributed by atoms with E-state index in [9.17, 15) is 0 Å². The van der Waals surface area contributed by atoms with Gasteiger partial charge in [0.05, 0.1) is 17.8 Å². The summed E-state index contributed by atoms with van der Waals surface area (Å²) in [6, 6.07) is 33.2. The van der Waals surface area contributed by atoms with Crippen molar-refractivity contribution < 1.29 is 24.2 Å². The predicted octanol–water partition coefficient (Wildman–Crippen LogP) is 7.31. The van der Waals surface area contributed by atoms with Crippen molar-refractivity contribution >= 4 is 44.1 Å². The fourth-order valence-corrected chi connectivity index (χ4v) is 6.10. The molecule has 0 atom stereocenters.